The van der Waals surface area contributed by atoms with Gasteiger partial charge in [-0.05, 0) is 55.3 Å². The van der Waals surface area contributed by atoms with Gasteiger partial charge in [0.1, 0.15) is 0 Å². The first-order chi connectivity index (χ1) is 12.5. The summed E-state index contributed by atoms with van der Waals surface area (Å²) in [5.74, 6) is 0. The minimum atomic E-state index is -0.127. The van der Waals surface area contributed by atoms with Gasteiger partial charge in [0.25, 0.3) is 0 Å². The van der Waals surface area contributed by atoms with Crippen LogP contribution in [-0.4, -0.2) is 37.1 Å². The summed E-state index contributed by atoms with van der Waals surface area (Å²) in [6, 6.07) is 13.4. The lowest BCUT2D eigenvalue weighted by Crippen LogP contribution is -2.50. The molecule has 0 atom stereocenters. The van der Waals surface area contributed by atoms with Crippen molar-refractivity contribution >= 4 is 29.0 Å². The molecule has 2 aromatic carbocycles. The number of hydrogen-bond acceptors (Lipinski definition) is 3. The van der Waals surface area contributed by atoms with Gasteiger partial charge >= 0.3 is 6.03 Å². The van der Waals surface area contributed by atoms with Gasteiger partial charge in [-0.3, -0.25) is 0 Å². The van der Waals surface area contributed by atoms with Gasteiger partial charge in [0, 0.05) is 31.9 Å². The predicted molar refractivity (Wildman–Crippen MR) is 105 cm³/mol. The second-order valence-corrected chi connectivity index (χ2v) is 6.91. The first-order valence-electron chi connectivity index (χ1n) is 8.55. The Labute approximate surface area is 158 Å². The molecule has 2 amide bonds. The smallest absolute Gasteiger partial charge is 0.322 e. The summed E-state index contributed by atoms with van der Waals surface area (Å²) in [7, 11) is 0. The molecule has 2 aromatic rings. The largest absolute Gasteiger partial charge is 0.368 e. The Morgan fingerprint density at radius 2 is 1.77 bits per heavy atom. The first kappa shape index (κ1) is 18.1. The molecule has 0 spiro atoms. The fourth-order valence-corrected chi connectivity index (χ4v) is 3.54. The Morgan fingerprint density at radius 1 is 1.12 bits per heavy atom. The standard InChI is InChI=1S/C20H21ClN4O/c1-14-11-15(2)19(18(21)12-14)23-20(26)25-9-7-24(8-10-25)17-5-3-16(13-22)4-6-17/h3-6,11-12H,7-10H2,1-2H3,(H,23,26). The molecule has 1 N–H and O–H groups in total. The number of aryl methyl sites for hydroxylation is 2. The number of rotatable bonds is 2. The summed E-state index contributed by atoms with van der Waals surface area (Å²) in [5.41, 5.74) is 4.43. The Bertz CT molecular complexity index is 826. The van der Waals surface area contributed by atoms with E-state index in [9.17, 15) is 4.79 Å². The summed E-state index contributed by atoms with van der Waals surface area (Å²) in [5, 5.41) is 12.4. The minimum Gasteiger partial charge on any atom is -0.368 e. The molecular formula is C20H21ClN4O. The monoisotopic (exact) mass is 368 g/mol. The third-order valence-corrected chi connectivity index (χ3v) is 4.89. The number of carbonyl (C=O) groups is 1. The van der Waals surface area contributed by atoms with Gasteiger partial charge in [0.2, 0.25) is 0 Å². The van der Waals surface area contributed by atoms with Gasteiger partial charge in [0.15, 0.2) is 0 Å². The van der Waals surface area contributed by atoms with E-state index in [1.807, 2.05) is 50.2 Å². The molecule has 1 aliphatic rings. The Balaban J connectivity index is 1.61. The molecular weight excluding hydrogens is 348 g/mol. The molecule has 0 bridgehead atoms. The van der Waals surface area contributed by atoms with Gasteiger partial charge in [-0.2, -0.15) is 5.26 Å². The molecule has 6 heteroatoms. The zero-order valence-corrected chi connectivity index (χ0v) is 15.7. The van der Waals surface area contributed by atoms with Crippen LogP contribution in [0.1, 0.15) is 16.7 Å². The van der Waals surface area contributed by atoms with Crippen LogP contribution in [0.5, 0.6) is 0 Å². The number of nitrogens with zero attached hydrogens (tertiary/aromatic N) is 3. The number of anilines is 2. The number of nitriles is 1. The molecule has 0 radical (unpaired) electrons. The van der Waals surface area contributed by atoms with Crippen molar-refractivity contribution < 1.29 is 4.79 Å². The number of benzene rings is 2. The van der Waals surface area contributed by atoms with E-state index in [4.69, 9.17) is 16.9 Å². The van der Waals surface area contributed by atoms with Crippen molar-refractivity contribution in [1.82, 2.24) is 4.90 Å². The second kappa shape index (κ2) is 7.67. The minimum absolute atomic E-state index is 0.127. The lowest BCUT2D eigenvalue weighted by atomic mass is 10.1. The van der Waals surface area contributed by atoms with Gasteiger partial charge in [-0.25, -0.2) is 4.79 Å². The first-order valence-corrected chi connectivity index (χ1v) is 8.93. The molecule has 0 saturated carbocycles. The van der Waals surface area contributed by atoms with Crippen molar-refractivity contribution in [2.24, 2.45) is 0 Å². The van der Waals surface area contributed by atoms with Crippen LogP contribution in [0.15, 0.2) is 36.4 Å². The number of hydrogen-bond donors (Lipinski definition) is 1. The lowest BCUT2D eigenvalue weighted by Gasteiger charge is -2.36. The van der Waals surface area contributed by atoms with Crippen LogP contribution in [-0.2, 0) is 0 Å². The molecule has 0 unspecified atom stereocenters. The maximum atomic E-state index is 12.6. The van der Waals surface area contributed by atoms with Crippen molar-refractivity contribution in [1.29, 1.82) is 5.26 Å². The summed E-state index contributed by atoms with van der Waals surface area (Å²) in [6.07, 6.45) is 0. The molecule has 0 aliphatic carbocycles. The highest BCUT2D eigenvalue weighted by Crippen LogP contribution is 2.28. The molecule has 5 nitrogen and oxygen atoms in total. The van der Waals surface area contributed by atoms with E-state index >= 15 is 0 Å². The summed E-state index contributed by atoms with van der Waals surface area (Å²) < 4.78 is 0. The number of nitrogens with one attached hydrogen (secondary N) is 1. The number of halogens is 1. The van der Waals surface area contributed by atoms with E-state index in [0.717, 1.165) is 29.9 Å². The highest BCUT2D eigenvalue weighted by molar-refractivity contribution is 6.34. The van der Waals surface area contributed by atoms with Crippen LogP contribution >= 0.6 is 11.6 Å². The quantitative estimate of drug-likeness (QED) is 0.864. The molecule has 134 valence electrons. The van der Waals surface area contributed by atoms with E-state index in [2.05, 4.69) is 16.3 Å². The highest BCUT2D eigenvalue weighted by Gasteiger charge is 2.22. The van der Waals surface area contributed by atoms with Crippen LogP contribution < -0.4 is 10.2 Å². The van der Waals surface area contributed by atoms with Crippen molar-refractivity contribution in [3.05, 3.63) is 58.1 Å². The van der Waals surface area contributed by atoms with Gasteiger partial charge in [-0.15, -0.1) is 0 Å². The van der Waals surface area contributed by atoms with E-state index in [1.165, 1.54) is 0 Å². The molecule has 26 heavy (non-hydrogen) atoms. The lowest BCUT2D eigenvalue weighted by molar-refractivity contribution is 0.208. The Morgan fingerprint density at radius 3 is 2.35 bits per heavy atom. The number of amides is 2. The topological polar surface area (TPSA) is 59.4 Å². The van der Waals surface area contributed by atoms with Crippen molar-refractivity contribution in [3.63, 3.8) is 0 Å². The zero-order chi connectivity index (χ0) is 18.7. The van der Waals surface area contributed by atoms with Crippen LogP contribution in [0, 0.1) is 25.2 Å². The van der Waals surface area contributed by atoms with Crippen molar-refractivity contribution in [2.45, 2.75) is 13.8 Å². The summed E-state index contributed by atoms with van der Waals surface area (Å²) in [4.78, 5) is 16.6. The zero-order valence-electron chi connectivity index (χ0n) is 14.9. The average molecular weight is 369 g/mol. The average Bonchev–Trinajstić information content (AvgIpc) is 2.64. The third kappa shape index (κ3) is 3.92. The van der Waals surface area contributed by atoms with Crippen molar-refractivity contribution in [2.75, 3.05) is 36.4 Å². The molecule has 3 rings (SSSR count). The van der Waals surface area contributed by atoms with Crippen LogP contribution in [0.3, 0.4) is 0 Å². The molecule has 1 saturated heterocycles. The molecule has 1 heterocycles. The van der Waals surface area contributed by atoms with E-state index in [-0.39, 0.29) is 6.03 Å². The van der Waals surface area contributed by atoms with E-state index < -0.39 is 0 Å². The maximum absolute atomic E-state index is 12.6. The molecule has 1 fully saturated rings. The third-order valence-electron chi connectivity index (χ3n) is 4.59. The molecule has 1 aliphatic heterocycles. The maximum Gasteiger partial charge on any atom is 0.322 e. The Kier molecular flexibility index (Phi) is 5.34. The number of carbonyl (C=O) groups excluding carboxylic acids is 1. The fraction of sp³-hybridized carbons (Fsp3) is 0.300. The normalized spacial score (nSPS) is 14.1. The molecule has 0 aromatic heterocycles. The fourth-order valence-electron chi connectivity index (χ4n) is 3.17. The SMILES string of the molecule is Cc1cc(C)c(NC(=O)N2CCN(c3ccc(C#N)cc3)CC2)c(Cl)c1. The number of urea groups is 1. The van der Waals surface area contributed by atoms with E-state index in [0.29, 0.717) is 29.4 Å². The van der Waals surface area contributed by atoms with Crippen LogP contribution in [0.2, 0.25) is 5.02 Å². The highest BCUT2D eigenvalue weighted by atomic mass is 35.5. The van der Waals surface area contributed by atoms with Gasteiger partial charge < -0.3 is 15.1 Å². The number of piperazine rings is 1. The Hall–Kier alpha value is -2.71. The van der Waals surface area contributed by atoms with E-state index in [1.54, 1.807) is 4.90 Å². The van der Waals surface area contributed by atoms with Crippen LogP contribution in [0.25, 0.3) is 0 Å². The van der Waals surface area contributed by atoms with Gasteiger partial charge in [0.05, 0.1) is 22.3 Å². The summed E-state index contributed by atoms with van der Waals surface area (Å²) in [6.45, 7) is 6.69. The van der Waals surface area contributed by atoms with Crippen LogP contribution in [0.4, 0.5) is 16.2 Å². The van der Waals surface area contributed by atoms with Gasteiger partial charge in [-0.1, -0.05) is 17.7 Å². The predicted octanol–water partition coefficient (Wildman–Crippen LogP) is 4.18. The summed E-state index contributed by atoms with van der Waals surface area (Å²) >= 11 is 6.28. The van der Waals surface area contributed by atoms with Crippen molar-refractivity contribution in [3.8, 4) is 6.07 Å². The second-order valence-electron chi connectivity index (χ2n) is 6.50.